The van der Waals surface area contributed by atoms with Crippen molar-refractivity contribution >= 4 is 16.8 Å². The molecule has 0 aliphatic rings. The molecule has 0 amide bonds. The minimum Gasteiger partial charge on any atom is -0.486 e. The topological polar surface area (TPSA) is 56.5 Å². The Kier molecular flexibility index (Phi) is 3.14. The van der Waals surface area contributed by atoms with Crippen LogP contribution in [0, 0.1) is 12.7 Å². The largest absolute Gasteiger partial charge is 0.486 e. The Labute approximate surface area is 102 Å². The standard InChI is InChI=1S/C13H11FO4/c1-7(15)6-17-9-3-4-10-8(2)12(14)13(16)18-11(10)5-9/h3-5H,6H2,1-2H3. The molecule has 94 valence electrons. The van der Waals surface area contributed by atoms with Crippen LogP contribution in [0.15, 0.2) is 27.4 Å². The van der Waals surface area contributed by atoms with E-state index in [1.54, 1.807) is 12.1 Å². The van der Waals surface area contributed by atoms with Crippen LogP contribution in [0.25, 0.3) is 11.0 Å². The van der Waals surface area contributed by atoms with E-state index in [0.717, 1.165) is 0 Å². The first-order valence-corrected chi connectivity index (χ1v) is 5.34. The Morgan fingerprint density at radius 3 is 2.83 bits per heavy atom. The molecule has 0 radical (unpaired) electrons. The first kappa shape index (κ1) is 12.3. The molecule has 1 aromatic heterocycles. The summed E-state index contributed by atoms with van der Waals surface area (Å²) in [5.41, 5.74) is -0.539. The van der Waals surface area contributed by atoms with Gasteiger partial charge in [0.25, 0.3) is 0 Å². The third kappa shape index (κ3) is 2.25. The van der Waals surface area contributed by atoms with E-state index in [1.165, 1.54) is 19.9 Å². The molecule has 0 atom stereocenters. The fourth-order valence-corrected chi connectivity index (χ4v) is 1.59. The number of benzene rings is 1. The summed E-state index contributed by atoms with van der Waals surface area (Å²) < 4.78 is 23.3. The highest BCUT2D eigenvalue weighted by Gasteiger charge is 2.11. The Morgan fingerprint density at radius 1 is 1.44 bits per heavy atom. The van der Waals surface area contributed by atoms with Crippen molar-refractivity contribution in [3.8, 4) is 5.75 Å². The quantitative estimate of drug-likeness (QED) is 0.784. The molecule has 0 saturated carbocycles. The number of rotatable bonds is 3. The van der Waals surface area contributed by atoms with Gasteiger partial charge in [0, 0.05) is 17.0 Å². The summed E-state index contributed by atoms with van der Waals surface area (Å²) in [4.78, 5) is 22.0. The van der Waals surface area contributed by atoms with Crippen molar-refractivity contribution in [2.24, 2.45) is 0 Å². The maximum atomic E-state index is 13.3. The molecule has 0 aliphatic carbocycles. The lowest BCUT2D eigenvalue weighted by Gasteiger charge is -2.06. The lowest BCUT2D eigenvalue weighted by atomic mass is 10.1. The van der Waals surface area contributed by atoms with Gasteiger partial charge in [-0.3, -0.25) is 4.79 Å². The van der Waals surface area contributed by atoms with Gasteiger partial charge in [-0.25, -0.2) is 4.79 Å². The summed E-state index contributed by atoms with van der Waals surface area (Å²) in [6, 6.07) is 4.65. The predicted molar refractivity (Wildman–Crippen MR) is 63.4 cm³/mol. The Morgan fingerprint density at radius 2 is 2.17 bits per heavy atom. The molecule has 0 N–H and O–H groups in total. The fourth-order valence-electron chi connectivity index (χ4n) is 1.59. The zero-order valence-electron chi connectivity index (χ0n) is 9.95. The van der Waals surface area contributed by atoms with Crippen molar-refractivity contribution in [2.45, 2.75) is 13.8 Å². The van der Waals surface area contributed by atoms with Crippen LogP contribution in [0.3, 0.4) is 0 Å². The maximum absolute atomic E-state index is 13.3. The third-order valence-electron chi connectivity index (χ3n) is 2.51. The van der Waals surface area contributed by atoms with Crippen LogP contribution in [0.1, 0.15) is 12.5 Å². The summed E-state index contributed by atoms with van der Waals surface area (Å²) in [5.74, 6) is -0.612. The van der Waals surface area contributed by atoms with Crippen molar-refractivity contribution in [3.05, 3.63) is 40.0 Å². The van der Waals surface area contributed by atoms with E-state index in [9.17, 15) is 14.0 Å². The summed E-state index contributed by atoms with van der Waals surface area (Å²) >= 11 is 0. The number of carbonyl (C=O) groups is 1. The van der Waals surface area contributed by atoms with Crippen LogP contribution in [0.5, 0.6) is 5.75 Å². The average molecular weight is 250 g/mol. The zero-order chi connectivity index (χ0) is 13.3. The van der Waals surface area contributed by atoms with E-state index in [1.807, 2.05) is 0 Å². The number of halogens is 1. The van der Waals surface area contributed by atoms with Crippen molar-refractivity contribution in [2.75, 3.05) is 6.61 Å². The predicted octanol–water partition coefficient (Wildman–Crippen LogP) is 2.21. The van der Waals surface area contributed by atoms with Crippen molar-refractivity contribution in [3.63, 3.8) is 0 Å². The molecule has 0 saturated heterocycles. The number of fused-ring (bicyclic) bond motifs is 1. The van der Waals surface area contributed by atoms with Crippen LogP contribution in [-0.4, -0.2) is 12.4 Å². The number of hydrogen-bond donors (Lipinski definition) is 0. The molecule has 2 aromatic rings. The lowest BCUT2D eigenvalue weighted by molar-refractivity contribution is -0.118. The molecule has 0 unspecified atom stereocenters. The first-order valence-electron chi connectivity index (χ1n) is 5.34. The third-order valence-corrected chi connectivity index (χ3v) is 2.51. The van der Waals surface area contributed by atoms with Gasteiger partial charge in [0.2, 0.25) is 5.82 Å². The molecular weight excluding hydrogens is 239 g/mol. The Balaban J connectivity index is 2.49. The van der Waals surface area contributed by atoms with Gasteiger partial charge in [0.05, 0.1) is 0 Å². The van der Waals surface area contributed by atoms with Gasteiger partial charge in [-0.2, -0.15) is 4.39 Å². The minimum atomic E-state index is -1.01. The first-order chi connectivity index (χ1) is 8.49. The highest BCUT2D eigenvalue weighted by atomic mass is 19.1. The molecule has 18 heavy (non-hydrogen) atoms. The SMILES string of the molecule is CC(=O)COc1ccc2c(C)c(F)c(=O)oc2c1. The molecule has 1 aromatic carbocycles. The van der Waals surface area contributed by atoms with Crippen molar-refractivity contribution < 1.29 is 18.3 Å². The number of aryl methyl sites for hydroxylation is 1. The van der Waals surface area contributed by atoms with Crippen molar-refractivity contribution in [1.29, 1.82) is 0 Å². The highest BCUT2D eigenvalue weighted by molar-refractivity contribution is 5.81. The van der Waals surface area contributed by atoms with Gasteiger partial charge in [-0.05, 0) is 26.0 Å². The summed E-state index contributed by atoms with van der Waals surface area (Å²) in [5, 5.41) is 0.502. The monoisotopic (exact) mass is 250 g/mol. The molecular formula is C13H11FO4. The molecule has 5 heteroatoms. The number of ether oxygens (including phenoxy) is 1. The highest BCUT2D eigenvalue weighted by Crippen LogP contribution is 2.23. The van der Waals surface area contributed by atoms with Crippen LogP contribution < -0.4 is 10.4 Å². The molecule has 2 rings (SSSR count). The van der Waals surface area contributed by atoms with Gasteiger partial charge >= 0.3 is 5.63 Å². The fraction of sp³-hybridized carbons (Fsp3) is 0.231. The number of carbonyl (C=O) groups excluding carboxylic acids is 1. The molecule has 1 heterocycles. The average Bonchev–Trinajstić information content (AvgIpc) is 2.33. The van der Waals surface area contributed by atoms with Crippen LogP contribution in [-0.2, 0) is 4.79 Å². The number of hydrogen-bond acceptors (Lipinski definition) is 4. The molecule has 0 aliphatic heterocycles. The summed E-state index contributed by atoms with van der Waals surface area (Å²) in [6.07, 6.45) is 0. The smallest absolute Gasteiger partial charge is 0.372 e. The Hall–Kier alpha value is -2.17. The summed E-state index contributed by atoms with van der Waals surface area (Å²) in [6.45, 7) is 2.85. The van der Waals surface area contributed by atoms with Gasteiger partial charge in [-0.1, -0.05) is 0 Å². The summed E-state index contributed by atoms with van der Waals surface area (Å²) in [7, 11) is 0. The van der Waals surface area contributed by atoms with E-state index in [2.05, 4.69) is 0 Å². The minimum absolute atomic E-state index is 0.0596. The van der Waals surface area contributed by atoms with Crippen molar-refractivity contribution in [1.82, 2.24) is 0 Å². The van der Waals surface area contributed by atoms with Gasteiger partial charge in [0.1, 0.15) is 17.9 Å². The molecule has 0 fully saturated rings. The van der Waals surface area contributed by atoms with Crippen LogP contribution >= 0.6 is 0 Å². The molecule has 0 bridgehead atoms. The van der Waals surface area contributed by atoms with Gasteiger partial charge in [-0.15, -0.1) is 0 Å². The number of Topliss-reactive ketones (excluding diaryl/α,β-unsaturated/α-hetero) is 1. The van der Waals surface area contributed by atoms with Crippen LogP contribution in [0.4, 0.5) is 4.39 Å². The number of ketones is 1. The van der Waals surface area contributed by atoms with E-state index >= 15 is 0 Å². The molecule has 4 nitrogen and oxygen atoms in total. The van der Waals surface area contributed by atoms with E-state index in [4.69, 9.17) is 9.15 Å². The normalized spacial score (nSPS) is 10.6. The van der Waals surface area contributed by atoms with Crippen LogP contribution in [0.2, 0.25) is 0 Å². The second-order valence-electron chi connectivity index (χ2n) is 3.98. The molecule has 0 spiro atoms. The Bertz CT molecular complexity index is 672. The van der Waals surface area contributed by atoms with Gasteiger partial charge < -0.3 is 9.15 Å². The van der Waals surface area contributed by atoms with E-state index in [-0.39, 0.29) is 23.5 Å². The maximum Gasteiger partial charge on any atom is 0.372 e. The van der Waals surface area contributed by atoms with E-state index in [0.29, 0.717) is 11.1 Å². The zero-order valence-corrected chi connectivity index (χ0v) is 9.95. The van der Waals surface area contributed by atoms with Gasteiger partial charge in [0.15, 0.2) is 5.78 Å². The van der Waals surface area contributed by atoms with E-state index < -0.39 is 11.4 Å². The lowest BCUT2D eigenvalue weighted by Crippen LogP contribution is -2.08. The second-order valence-corrected chi connectivity index (χ2v) is 3.98. The second kappa shape index (κ2) is 4.60.